The van der Waals surface area contributed by atoms with Crippen LogP contribution in [0.4, 0.5) is 5.69 Å². The standard InChI is InChI=1S/C19H24N2/c1-13-5-3-4-6-15(13)11-14(2)21-19-10-7-16-12-17(20)8-9-18(16)19/h3-6,8-9,12,14,19,21H,7,10-11,20H2,1-2H3. The smallest absolute Gasteiger partial charge is 0.0328 e. The van der Waals surface area contributed by atoms with E-state index in [1.54, 1.807) is 0 Å². The first-order chi connectivity index (χ1) is 10.1. The Morgan fingerprint density at radius 2 is 2.05 bits per heavy atom. The van der Waals surface area contributed by atoms with Gasteiger partial charge in [-0.15, -0.1) is 0 Å². The highest BCUT2D eigenvalue weighted by Gasteiger charge is 2.23. The number of fused-ring (bicyclic) bond motifs is 1. The minimum absolute atomic E-state index is 0.472. The first-order valence-electron chi connectivity index (χ1n) is 7.82. The summed E-state index contributed by atoms with van der Waals surface area (Å²) < 4.78 is 0. The summed E-state index contributed by atoms with van der Waals surface area (Å²) in [6, 6.07) is 15.9. The zero-order chi connectivity index (χ0) is 14.8. The molecule has 2 atom stereocenters. The zero-order valence-electron chi connectivity index (χ0n) is 12.9. The molecule has 0 aromatic heterocycles. The van der Waals surface area contributed by atoms with Crippen molar-refractivity contribution in [1.82, 2.24) is 5.32 Å². The monoisotopic (exact) mass is 280 g/mol. The summed E-state index contributed by atoms with van der Waals surface area (Å²) in [4.78, 5) is 0. The van der Waals surface area contributed by atoms with Gasteiger partial charge in [-0.1, -0.05) is 30.3 Å². The van der Waals surface area contributed by atoms with E-state index >= 15 is 0 Å². The number of hydrogen-bond donors (Lipinski definition) is 2. The van der Waals surface area contributed by atoms with E-state index in [0.29, 0.717) is 12.1 Å². The number of nitrogen functional groups attached to an aromatic ring is 1. The maximum atomic E-state index is 5.88. The van der Waals surface area contributed by atoms with E-state index in [9.17, 15) is 0 Å². The topological polar surface area (TPSA) is 38.0 Å². The number of benzene rings is 2. The molecule has 0 spiro atoms. The van der Waals surface area contributed by atoms with E-state index in [2.05, 4.69) is 55.6 Å². The van der Waals surface area contributed by atoms with Crippen molar-refractivity contribution in [3.05, 3.63) is 64.7 Å². The van der Waals surface area contributed by atoms with Gasteiger partial charge in [-0.05, 0) is 67.5 Å². The highest BCUT2D eigenvalue weighted by Crippen LogP contribution is 2.32. The predicted octanol–water partition coefficient (Wildman–Crippen LogP) is 3.79. The summed E-state index contributed by atoms with van der Waals surface area (Å²) in [5.74, 6) is 0. The molecule has 0 saturated heterocycles. The van der Waals surface area contributed by atoms with E-state index in [4.69, 9.17) is 5.73 Å². The third kappa shape index (κ3) is 3.11. The van der Waals surface area contributed by atoms with Crippen LogP contribution in [0.2, 0.25) is 0 Å². The normalized spacial score (nSPS) is 18.5. The molecule has 2 heteroatoms. The fourth-order valence-corrected chi connectivity index (χ4v) is 3.38. The van der Waals surface area contributed by atoms with Gasteiger partial charge in [-0.3, -0.25) is 0 Å². The van der Waals surface area contributed by atoms with E-state index in [-0.39, 0.29) is 0 Å². The van der Waals surface area contributed by atoms with Crippen molar-refractivity contribution in [2.75, 3.05) is 5.73 Å². The molecule has 2 unspecified atom stereocenters. The highest BCUT2D eigenvalue weighted by molar-refractivity contribution is 5.47. The Kier molecular flexibility index (Phi) is 3.98. The largest absolute Gasteiger partial charge is 0.399 e. The van der Waals surface area contributed by atoms with Crippen LogP contribution in [0, 0.1) is 6.92 Å². The Labute approximate surface area is 127 Å². The molecule has 2 aromatic carbocycles. The molecule has 2 aromatic rings. The van der Waals surface area contributed by atoms with Crippen molar-refractivity contribution in [3.8, 4) is 0 Å². The molecule has 110 valence electrons. The van der Waals surface area contributed by atoms with Gasteiger partial charge in [-0.2, -0.15) is 0 Å². The van der Waals surface area contributed by atoms with E-state index in [1.807, 2.05) is 6.07 Å². The third-order valence-electron chi connectivity index (χ3n) is 4.52. The van der Waals surface area contributed by atoms with Gasteiger partial charge >= 0.3 is 0 Å². The van der Waals surface area contributed by atoms with Gasteiger partial charge in [0.25, 0.3) is 0 Å². The maximum Gasteiger partial charge on any atom is 0.0328 e. The molecule has 21 heavy (non-hydrogen) atoms. The minimum Gasteiger partial charge on any atom is -0.399 e. The number of nitrogens with two attached hydrogens (primary N) is 1. The number of nitrogens with one attached hydrogen (secondary N) is 1. The van der Waals surface area contributed by atoms with Gasteiger partial charge in [0.2, 0.25) is 0 Å². The van der Waals surface area contributed by atoms with E-state index in [1.165, 1.54) is 28.7 Å². The lowest BCUT2D eigenvalue weighted by molar-refractivity contribution is 0.451. The minimum atomic E-state index is 0.472. The van der Waals surface area contributed by atoms with Crippen LogP contribution in [0.1, 0.15) is 41.6 Å². The average molecular weight is 280 g/mol. The van der Waals surface area contributed by atoms with Crippen LogP contribution in [-0.4, -0.2) is 6.04 Å². The number of rotatable bonds is 4. The Balaban J connectivity index is 1.67. The van der Waals surface area contributed by atoms with Crippen LogP contribution in [0.15, 0.2) is 42.5 Å². The summed E-state index contributed by atoms with van der Waals surface area (Å²) in [7, 11) is 0. The van der Waals surface area contributed by atoms with Crippen LogP contribution in [0.25, 0.3) is 0 Å². The molecule has 0 amide bonds. The van der Waals surface area contributed by atoms with Crippen molar-refractivity contribution < 1.29 is 0 Å². The summed E-state index contributed by atoms with van der Waals surface area (Å²) in [6.07, 6.45) is 3.39. The van der Waals surface area contributed by atoms with Gasteiger partial charge in [0.1, 0.15) is 0 Å². The van der Waals surface area contributed by atoms with Gasteiger partial charge < -0.3 is 11.1 Å². The first kappa shape index (κ1) is 14.2. The molecule has 1 aliphatic carbocycles. The Bertz CT molecular complexity index is 633. The molecular weight excluding hydrogens is 256 g/mol. The second kappa shape index (κ2) is 5.90. The van der Waals surface area contributed by atoms with Crippen LogP contribution in [-0.2, 0) is 12.8 Å². The molecular formula is C19H24N2. The molecule has 0 bridgehead atoms. The Hall–Kier alpha value is -1.80. The Morgan fingerprint density at radius 3 is 2.86 bits per heavy atom. The third-order valence-corrected chi connectivity index (χ3v) is 4.52. The fraction of sp³-hybridized carbons (Fsp3) is 0.368. The molecule has 0 fully saturated rings. The molecule has 3 N–H and O–H groups in total. The van der Waals surface area contributed by atoms with Gasteiger partial charge in [0, 0.05) is 17.8 Å². The molecule has 1 aliphatic rings. The SMILES string of the molecule is Cc1ccccc1CC(C)NC1CCc2cc(N)ccc21. The Morgan fingerprint density at radius 1 is 1.24 bits per heavy atom. The van der Waals surface area contributed by atoms with Crippen molar-refractivity contribution in [1.29, 1.82) is 0 Å². The lowest BCUT2D eigenvalue weighted by Gasteiger charge is -2.21. The predicted molar refractivity (Wildman–Crippen MR) is 89.4 cm³/mol. The quantitative estimate of drug-likeness (QED) is 0.836. The average Bonchev–Trinajstić information content (AvgIpc) is 2.83. The molecule has 0 heterocycles. The summed E-state index contributed by atoms with van der Waals surface area (Å²) >= 11 is 0. The summed E-state index contributed by atoms with van der Waals surface area (Å²) in [6.45, 7) is 4.47. The van der Waals surface area contributed by atoms with Crippen LogP contribution in [0.3, 0.4) is 0 Å². The number of hydrogen-bond acceptors (Lipinski definition) is 2. The van der Waals surface area contributed by atoms with Crippen LogP contribution >= 0.6 is 0 Å². The molecule has 0 radical (unpaired) electrons. The fourth-order valence-electron chi connectivity index (χ4n) is 3.38. The maximum absolute atomic E-state index is 5.88. The first-order valence-corrected chi connectivity index (χ1v) is 7.82. The molecule has 0 saturated carbocycles. The van der Waals surface area contributed by atoms with E-state index in [0.717, 1.165) is 18.5 Å². The lowest BCUT2D eigenvalue weighted by Crippen LogP contribution is -2.31. The van der Waals surface area contributed by atoms with Crippen molar-refractivity contribution in [2.45, 2.75) is 45.2 Å². The molecule has 3 rings (SSSR count). The highest BCUT2D eigenvalue weighted by atomic mass is 14.9. The van der Waals surface area contributed by atoms with Crippen molar-refractivity contribution >= 4 is 5.69 Å². The second-order valence-corrected chi connectivity index (χ2v) is 6.25. The molecule has 2 nitrogen and oxygen atoms in total. The van der Waals surface area contributed by atoms with Crippen LogP contribution in [0.5, 0.6) is 0 Å². The van der Waals surface area contributed by atoms with Crippen molar-refractivity contribution in [3.63, 3.8) is 0 Å². The van der Waals surface area contributed by atoms with E-state index < -0.39 is 0 Å². The summed E-state index contributed by atoms with van der Waals surface area (Å²) in [5.41, 5.74) is 12.4. The second-order valence-electron chi connectivity index (χ2n) is 6.25. The van der Waals surface area contributed by atoms with Crippen LogP contribution < -0.4 is 11.1 Å². The molecule has 0 aliphatic heterocycles. The lowest BCUT2D eigenvalue weighted by atomic mass is 10.0. The summed E-state index contributed by atoms with van der Waals surface area (Å²) in [5, 5.41) is 3.79. The van der Waals surface area contributed by atoms with Gasteiger partial charge in [0.05, 0.1) is 0 Å². The van der Waals surface area contributed by atoms with Gasteiger partial charge in [0.15, 0.2) is 0 Å². The van der Waals surface area contributed by atoms with Gasteiger partial charge in [-0.25, -0.2) is 0 Å². The zero-order valence-corrected chi connectivity index (χ0v) is 12.9. The number of anilines is 1. The number of aryl methyl sites for hydroxylation is 2. The van der Waals surface area contributed by atoms with Crippen molar-refractivity contribution in [2.24, 2.45) is 0 Å².